The quantitative estimate of drug-likeness (QED) is 0.551. The highest BCUT2D eigenvalue weighted by Gasteiger charge is 2.12. The fraction of sp³-hybridized carbons (Fsp3) is 0.0556. The molecule has 0 aliphatic carbocycles. The van der Waals surface area contributed by atoms with E-state index in [4.69, 9.17) is 4.74 Å². The Bertz CT molecular complexity index is 846. The molecule has 1 aromatic heterocycles. The molecule has 3 rings (SSSR count). The molecule has 112 valence electrons. The molecule has 2 aromatic carbocycles. The van der Waals surface area contributed by atoms with E-state index in [1.807, 2.05) is 60.7 Å². The number of esters is 1. The molecule has 0 fully saturated rings. The average Bonchev–Trinajstić information content (AvgIpc) is 3.10. The van der Waals surface area contributed by atoms with Gasteiger partial charge in [0.05, 0.1) is 11.9 Å². The molecule has 0 amide bonds. The predicted octanol–water partition coefficient (Wildman–Crippen LogP) is 2.48. The summed E-state index contributed by atoms with van der Waals surface area (Å²) in [7, 11) is 0. The van der Waals surface area contributed by atoms with Gasteiger partial charge < -0.3 is 4.74 Å². The summed E-state index contributed by atoms with van der Waals surface area (Å²) in [5.41, 5.74) is 1.84. The topological polar surface area (TPSA) is 57.0 Å². The molecule has 0 saturated heterocycles. The smallest absolute Gasteiger partial charge is 0.361 e. The normalized spacial score (nSPS) is 9.74. The van der Waals surface area contributed by atoms with Crippen LogP contribution in [0.3, 0.4) is 0 Å². The number of para-hydroxylation sites is 1. The Morgan fingerprint density at radius 1 is 1.04 bits per heavy atom. The summed E-state index contributed by atoms with van der Waals surface area (Å²) in [6.45, 7) is 0.00588. The molecule has 5 heteroatoms. The van der Waals surface area contributed by atoms with Gasteiger partial charge >= 0.3 is 5.97 Å². The lowest BCUT2D eigenvalue weighted by Gasteiger charge is -1.97. The summed E-state index contributed by atoms with van der Waals surface area (Å²) in [6, 6.07) is 18.9. The molecular formula is C18H13N3O2. The van der Waals surface area contributed by atoms with E-state index < -0.39 is 5.97 Å². The summed E-state index contributed by atoms with van der Waals surface area (Å²) in [4.78, 5) is 11.9. The van der Waals surface area contributed by atoms with Crippen LogP contribution in [0.25, 0.3) is 5.69 Å². The summed E-state index contributed by atoms with van der Waals surface area (Å²) < 4.78 is 6.59. The largest absolute Gasteiger partial charge is 0.448 e. The second-order valence-corrected chi connectivity index (χ2v) is 4.63. The van der Waals surface area contributed by atoms with Gasteiger partial charge in [0, 0.05) is 5.56 Å². The maximum absolute atomic E-state index is 11.9. The molecule has 0 N–H and O–H groups in total. The molecule has 0 radical (unpaired) electrons. The van der Waals surface area contributed by atoms with Crippen LogP contribution in [0.15, 0.2) is 66.9 Å². The molecule has 0 atom stereocenters. The zero-order valence-electron chi connectivity index (χ0n) is 12.2. The van der Waals surface area contributed by atoms with Gasteiger partial charge in [-0.1, -0.05) is 53.5 Å². The molecule has 0 aliphatic heterocycles. The van der Waals surface area contributed by atoms with Crippen molar-refractivity contribution in [3.8, 4) is 17.5 Å². The van der Waals surface area contributed by atoms with Crippen LogP contribution >= 0.6 is 0 Å². The van der Waals surface area contributed by atoms with E-state index in [2.05, 4.69) is 22.2 Å². The number of nitrogens with zero attached hydrogens (tertiary/aromatic N) is 3. The minimum atomic E-state index is -0.547. The van der Waals surface area contributed by atoms with Crippen molar-refractivity contribution in [1.29, 1.82) is 0 Å². The second-order valence-electron chi connectivity index (χ2n) is 4.63. The molecule has 23 heavy (non-hydrogen) atoms. The number of hydrogen-bond acceptors (Lipinski definition) is 4. The first-order valence-corrected chi connectivity index (χ1v) is 7.02. The van der Waals surface area contributed by atoms with Gasteiger partial charge in [-0.3, -0.25) is 0 Å². The van der Waals surface area contributed by atoms with Crippen molar-refractivity contribution in [3.63, 3.8) is 0 Å². The van der Waals surface area contributed by atoms with Crippen LogP contribution in [0.2, 0.25) is 0 Å². The molecule has 1 heterocycles. The van der Waals surface area contributed by atoms with E-state index >= 15 is 0 Å². The van der Waals surface area contributed by atoms with E-state index in [9.17, 15) is 4.79 Å². The number of aromatic nitrogens is 3. The number of benzene rings is 2. The molecular weight excluding hydrogens is 290 g/mol. The fourth-order valence-electron chi connectivity index (χ4n) is 1.90. The lowest BCUT2D eigenvalue weighted by Crippen LogP contribution is -2.05. The van der Waals surface area contributed by atoms with Crippen molar-refractivity contribution in [1.82, 2.24) is 15.0 Å². The molecule has 0 spiro atoms. The standard InChI is InChI=1S/C18H13N3O2/c22-18(23-13-7-10-15-8-3-1-4-9-15)17-14-21(20-19-17)16-11-5-2-6-12-16/h1-6,8-9,11-12,14H,13H2. The van der Waals surface area contributed by atoms with Crippen LogP contribution in [0.4, 0.5) is 0 Å². The van der Waals surface area contributed by atoms with Crippen molar-refractivity contribution in [3.05, 3.63) is 78.1 Å². The predicted molar refractivity (Wildman–Crippen MR) is 85.0 cm³/mol. The second kappa shape index (κ2) is 7.05. The highest BCUT2D eigenvalue weighted by molar-refractivity contribution is 5.86. The molecule has 0 saturated carbocycles. The maximum atomic E-state index is 11.9. The number of carbonyl (C=O) groups excluding carboxylic acids is 1. The van der Waals surface area contributed by atoms with Crippen LogP contribution in [0.5, 0.6) is 0 Å². The first-order valence-electron chi connectivity index (χ1n) is 7.02. The highest BCUT2D eigenvalue weighted by atomic mass is 16.5. The van der Waals surface area contributed by atoms with Crippen molar-refractivity contribution in [2.75, 3.05) is 6.61 Å². The first kappa shape index (κ1) is 14.5. The number of rotatable bonds is 3. The average molecular weight is 303 g/mol. The lowest BCUT2D eigenvalue weighted by atomic mass is 10.2. The highest BCUT2D eigenvalue weighted by Crippen LogP contribution is 2.06. The van der Waals surface area contributed by atoms with Crippen LogP contribution in [0, 0.1) is 11.8 Å². The summed E-state index contributed by atoms with van der Waals surface area (Å²) in [5, 5.41) is 7.73. The van der Waals surface area contributed by atoms with E-state index in [1.54, 1.807) is 0 Å². The van der Waals surface area contributed by atoms with E-state index in [-0.39, 0.29) is 12.3 Å². The Labute approximate surface area is 133 Å². The minimum Gasteiger partial charge on any atom is -0.448 e. The zero-order valence-corrected chi connectivity index (χ0v) is 12.2. The van der Waals surface area contributed by atoms with Crippen molar-refractivity contribution < 1.29 is 9.53 Å². The Morgan fingerprint density at radius 3 is 2.48 bits per heavy atom. The van der Waals surface area contributed by atoms with Gasteiger partial charge in [0.25, 0.3) is 0 Å². The Morgan fingerprint density at radius 2 is 1.74 bits per heavy atom. The van der Waals surface area contributed by atoms with Gasteiger partial charge in [-0.05, 0) is 24.3 Å². The van der Waals surface area contributed by atoms with Crippen molar-refractivity contribution in [2.45, 2.75) is 0 Å². The van der Waals surface area contributed by atoms with Crippen molar-refractivity contribution >= 4 is 5.97 Å². The fourth-order valence-corrected chi connectivity index (χ4v) is 1.90. The summed E-state index contributed by atoms with van der Waals surface area (Å²) in [6.07, 6.45) is 1.53. The molecule has 0 bridgehead atoms. The van der Waals surface area contributed by atoms with Gasteiger partial charge in [-0.2, -0.15) is 0 Å². The van der Waals surface area contributed by atoms with Crippen LogP contribution < -0.4 is 0 Å². The monoisotopic (exact) mass is 303 g/mol. The number of ether oxygens (including phenoxy) is 1. The Balaban J connectivity index is 1.59. The van der Waals surface area contributed by atoms with Gasteiger partial charge in [-0.25, -0.2) is 9.48 Å². The van der Waals surface area contributed by atoms with Crippen LogP contribution in [-0.4, -0.2) is 27.6 Å². The molecule has 5 nitrogen and oxygen atoms in total. The minimum absolute atomic E-state index is 0.00588. The van der Waals surface area contributed by atoms with E-state index in [0.717, 1.165) is 11.3 Å². The Kier molecular flexibility index (Phi) is 4.46. The summed E-state index contributed by atoms with van der Waals surface area (Å²) in [5.74, 6) is 5.16. The van der Waals surface area contributed by atoms with Gasteiger partial charge in [0.2, 0.25) is 0 Å². The third-order valence-electron chi connectivity index (χ3n) is 3.01. The van der Waals surface area contributed by atoms with E-state index in [1.165, 1.54) is 10.9 Å². The SMILES string of the molecule is O=C(OCC#Cc1ccccc1)c1cn(-c2ccccc2)nn1. The first-order chi connectivity index (χ1) is 11.3. The lowest BCUT2D eigenvalue weighted by molar-refractivity contribution is 0.0549. The van der Waals surface area contributed by atoms with Crippen molar-refractivity contribution in [2.24, 2.45) is 0 Å². The zero-order chi connectivity index (χ0) is 15.9. The molecule has 0 unspecified atom stereocenters. The van der Waals surface area contributed by atoms with Gasteiger partial charge in [0.1, 0.15) is 0 Å². The third-order valence-corrected chi connectivity index (χ3v) is 3.01. The Hall–Kier alpha value is -3.39. The summed E-state index contributed by atoms with van der Waals surface area (Å²) >= 11 is 0. The van der Waals surface area contributed by atoms with Crippen LogP contribution in [0.1, 0.15) is 16.1 Å². The maximum Gasteiger partial charge on any atom is 0.361 e. The van der Waals surface area contributed by atoms with Gasteiger partial charge in [0.15, 0.2) is 12.3 Å². The molecule has 0 aliphatic rings. The van der Waals surface area contributed by atoms with Gasteiger partial charge in [-0.15, -0.1) is 5.10 Å². The number of carbonyl (C=O) groups is 1. The molecule has 3 aromatic rings. The third kappa shape index (κ3) is 3.83. The number of hydrogen-bond donors (Lipinski definition) is 0. The van der Waals surface area contributed by atoms with Crippen LogP contribution in [-0.2, 0) is 4.74 Å². The van der Waals surface area contributed by atoms with E-state index in [0.29, 0.717) is 0 Å².